The summed E-state index contributed by atoms with van der Waals surface area (Å²) < 4.78 is 0. The van der Waals surface area contributed by atoms with Crippen LogP contribution in [0.25, 0.3) is 0 Å². The van der Waals surface area contributed by atoms with Crippen molar-refractivity contribution < 1.29 is 4.79 Å². The van der Waals surface area contributed by atoms with Gasteiger partial charge in [-0.15, -0.1) is 0 Å². The highest BCUT2D eigenvalue weighted by Crippen LogP contribution is 2.14. The van der Waals surface area contributed by atoms with E-state index in [1.165, 1.54) is 0 Å². The fraction of sp³-hybridized carbons (Fsp3) is 0.692. The van der Waals surface area contributed by atoms with Gasteiger partial charge in [0.2, 0.25) is 5.91 Å². The molecule has 0 aliphatic carbocycles. The fourth-order valence-electron chi connectivity index (χ4n) is 2.14. The Kier molecular flexibility index (Phi) is 4.93. The summed E-state index contributed by atoms with van der Waals surface area (Å²) in [6.45, 7) is 8.49. The van der Waals surface area contributed by atoms with Gasteiger partial charge < -0.3 is 10.6 Å². The van der Waals surface area contributed by atoms with E-state index in [2.05, 4.69) is 39.6 Å². The number of H-pyrrole nitrogens is 1. The third-order valence-electron chi connectivity index (χ3n) is 3.29. The molecule has 0 bridgehead atoms. The highest BCUT2D eigenvalue weighted by molar-refractivity contribution is 5.91. The summed E-state index contributed by atoms with van der Waals surface area (Å²) in [6, 6.07) is 1.90. The van der Waals surface area contributed by atoms with Crippen LogP contribution in [0.4, 0.5) is 5.82 Å². The van der Waals surface area contributed by atoms with Gasteiger partial charge in [-0.1, -0.05) is 13.8 Å². The highest BCUT2D eigenvalue weighted by atomic mass is 16.2. The van der Waals surface area contributed by atoms with Crippen LogP contribution in [0, 0.1) is 0 Å². The average Bonchev–Trinajstić information content (AvgIpc) is 2.67. The second-order valence-electron chi connectivity index (χ2n) is 5.29. The lowest BCUT2D eigenvalue weighted by Crippen LogP contribution is -2.35. The van der Waals surface area contributed by atoms with Gasteiger partial charge in [-0.05, 0) is 25.4 Å². The summed E-state index contributed by atoms with van der Waals surface area (Å²) in [6.07, 6.45) is 1.09. The van der Waals surface area contributed by atoms with E-state index in [0.717, 1.165) is 38.3 Å². The second kappa shape index (κ2) is 6.68. The van der Waals surface area contributed by atoms with Crippen LogP contribution < -0.4 is 10.6 Å². The molecule has 106 valence electrons. The topological polar surface area (TPSA) is 73.1 Å². The maximum absolute atomic E-state index is 11.9. The standard InChI is InChI=1S/C13H23N5O/c1-10(2)11-8-12(17-16-11)15-13(19)9-18-6-3-4-14-5-7-18/h8,10,14H,3-7,9H2,1-2H3,(H2,15,16,17,19). The molecular weight excluding hydrogens is 242 g/mol. The largest absolute Gasteiger partial charge is 0.315 e. The van der Waals surface area contributed by atoms with Gasteiger partial charge in [0.15, 0.2) is 5.82 Å². The number of carbonyl (C=O) groups excluding carboxylic acids is 1. The second-order valence-corrected chi connectivity index (χ2v) is 5.29. The van der Waals surface area contributed by atoms with E-state index in [0.29, 0.717) is 18.3 Å². The number of carbonyl (C=O) groups is 1. The summed E-state index contributed by atoms with van der Waals surface area (Å²) in [5.74, 6) is 1.00. The molecule has 1 aliphatic rings. The van der Waals surface area contributed by atoms with E-state index >= 15 is 0 Å². The minimum atomic E-state index is 0.00343. The fourth-order valence-corrected chi connectivity index (χ4v) is 2.14. The summed E-state index contributed by atoms with van der Waals surface area (Å²) >= 11 is 0. The van der Waals surface area contributed by atoms with Crippen molar-refractivity contribution in [2.45, 2.75) is 26.2 Å². The lowest BCUT2D eigenvalue weighted by molar-refractivity contribution is -0.117. The van der Waals surface area contributed by atoms with Gasteiger partial charge in [0.25, 0.3) is 0 Å². The van der Waals surface area contributed by atoms with Crippen molar-refractivity contribution in [2.24, 2.45) is 0 Å². The Bertz CT molecular complexity index is 407. The first-order valence-electron chi connectivity index (χ1n) is 6.93. The highest BCUT2D eigenvalue weighted by Gasteiger charge is 2.14. The molecule has 0 saturated carbocycles. The molecule has 1 amide bonds. The Labute approximate surface area is 113 Å². The minimum Gasteiger partial charge on any atom is -0.315 e. The van der Waals surface area contributed by atoms with Crippen LogP contribution >= 0.6 is 0 Å². The molecule has 0 unspecified atom stereocenters. The molecule has 0 spiro atoms. The summed E-state index contributed by atoms with van der Waals surface area (Å²) in [7, 11) is 0. The molecule has 1 fully saturated rings. The van der Waals surface area contributed by atoms with Crippen LogP contribution in [0.1, 0.15) is 31.9 Å². The molecule has 19 heavy (non-hydrogen) atoms. The number of rotatable bonds is 4. The summed E-state index contributed by atoms with van der Waals surface area (Å²) in [5, 5.41) is 13.2. The maximum Gasteiger partial charge on any atom is 0.239 e. The molecule has 1 aromatic heterocycles. The molecule has 0 atom stereocenters. The number of hydrogen-bond acceptors (Lipinski definition) is 4. The van der Waals surface area contributed by atoms with Gasteiger partial charge in [-0.2, -0.15) is 5.10 Å². The van der Waals surface area contributed by atoms with Crippen molar-refractivity contribution in [2.75, 3.05) is 38.0 Å². The van der Waals surface area contributed by atoms with E-state index in [-0.39, 0.29) is 5.91 Å². The predicted molar refractivity (Wildman–Crippen MR) is 75.2 cm³/mol. The molecule has 1 aliphatic heterocycles. The molecular formula is C13H23N5O. The van der Waals surface area contributed by atoms with E-state index in [4.69, 9.17) is 0 Å². The smallest absolute Gasteiger partial charge is 0.239 e. The molecule has 1 saturated heterocycles. The van der Waals surface area contributed by atoms with Gasteiger partial charge in [0.05, 0.1) is 6.54 Å². The molecule has 1 aromatic rings. The number of aromatic amines is 1. The Morgan fingerprint density at radius 1 is 1.47 bits per heavy atom. The van der Waals surface area contributed by atoms with Gasteiger partial charge in [-0.3, -0.25) is 14.8 Å². The van der Waals surface area contributed by atoms with Gasteiger partial charge in [-0.25, -0.2) is 0 Å². The molecule has 3 N–H and O–H groups in total. The molecule has 2 heterocycles. The zero-order valence-electron chi connectivity index (χ0n) is 11.7. The number of aromatic nitrogens is 2. The van der Waals surface area contributed by atoms with Crippen LogP contribution in [0.5, 0.6) is 0 Å². The van der Waals surface area contributed by atoms with Gasteiger partial charge in [0, 0.05) is 24.8 Å². The molecule has 6 heteroatoms. The maximum atomic E-state index is 11.9. The van der Waals surface area contributed by atoms with Crippen molar-refractivity contribution in [1.82, 2.24) is 20.4 Å². The average molecular weight is 265 g/mol. The normalized spacial score (nSPS) is 17.4. The van der Waals surface area contributed by atoms with E-state index in [1.54, 1.807) is 0 Å². The lowest BCUT2D eigenvalue weighted by Gasteiger charge is -2.18. The summed E-state index contributed by atoms with van der Waals surface area (Å²) in [5.41, 5.74) is 1.04. The number of nitrogens with zero attached hydrogens (tertiary/aromatic N) is 2. The number of hydrogen-bond donors (Lipinski definition) is 3. The zero-order valence-corrected chi connectivity index (χ0v) is 11.7. The number of anilines is 1. The van der Waals surface area contributed by atoms with Crippen molar-refractivity contribution in [1.29, 1.82) is 0 Å². The Morgan fingerprint density at radius 3 is 3.05 bits per heavy atom. The van der Waals surface area contributed by atoms with Crippen LogP contribution in [0.3, 0.4) is 0 Å². The number of amides is 1. The SMILES string of the molecule is CC(C)c1cc(NC(=O)CN2CCCNCC2)n[nH]1. The lowest BCUT2D eigenvalue weighted by atomic mass is 10.1. The Morgan fingerprint density at radius 2 is 2.32 bits per heavy atom. The number of nitrogens with one attached hydrogen (secondary N) is 3. The third kappa shape index (κ3) is 4.33. The summed E-state index contributed by atoms with van der Waals surface area (Å²) in [4.78, 5) is 14.1. The zero-order chi connectivity index (χ0) is 13.7. The third-order valence-corrected chi connectivity index (χ3v) is 3.29. The van der Waals surface area contributed by atoms with Gasteiger partial charge >= 0.3 is 0 Å². The van der Waals surface area contributed by atoms with Crippen LogP contribution in [-0.2, 0) is 4.79 Å². The van der Waals surface area contributed by atoms with Crippen LogP contribution in [-0.4, -0.2) is 53.7 Å². The first-order valence-corrected chi connectivity index (χ1v) is 6.93. The molecule has 6 nitrogen and oxygen atoms in total. The predicted octanol–water partition coefficient (Wildman–Crippen LogP) is 0.767. The first kappa shape index (κ1) is 14.0. The van der Waals surface area contributed by atoms with E-state index in [9.17, 15) is 4.79 Å². The van der Waals surface area contributed by atoms with Gasteiger partial charge in [0.1, 0.15) is 0 Å². The van der Waals surface area contributed by atoms with Crippen LogP contribution in [0.2, 0.25) is 0 Å². The van der Waals surface area contributed by atoms with Crippen molar-refractivity contribution in [3.8, 4) is 0 Å². The van der Waals surface area contributed by atoms with Crippen molar-refractivity contribution >= 4 is 11.7 Å². The molecule has 0 radical (unpaired) electrons. The Hall–Kier alpha value is -1.40. The molecule has 2 rings (SSSR count). The Balaban J connectivity index is 1.82. The first-order chi connectivity index (χ1) is 9.15. The van der Waals surface area contributed by atoms with Crippen LogP contribution in [0.15, 0.2) is 6.07 Å². The monoisotopic (exact) mass is 265 g/mol. The molecule has 0 aromatic carbocycles. The quantitative estimate of drug-likeness (QED) is 0.752. The van der Waals surface area contributed by atoms with Crippen molar-refractivity contribution in [3.05, 3.63) is 11.8 Å². The minimum absolute atomic E-state index is 0.00343. The van der Waals surface area contributed by atoms with Crippen molar-refractivity contribution in [3.63, 3.8) is 0 Å². The van der Waals surface area contributed by atoms with E-state index in [1.807, 2.05) is 6.07 Å². The van der Waals surface area contributed by atoms with E-state index < -0.39 is 0 Å².